The maximum Gasteiger partial charge on any atom is 0.159 e. The summed E-state index contributed by atoms with van der Waals surface area (Å²) in [4.78, 5) is 0.196. The van der Waals surface area contributed by atoms with Crippen LogP contribution in [0.15, 0.2) is 23.1 Å². The molecule has 2 fully saturated rings. The predicted octanol–water partition coefficient (Wildman–Crippen LogP) is 1.94. The molecule has 1 aromatic rings. The molecule has 18 heavy (non-hydrogen) atoms. The molecule has 0 amide bonds. The normalized spacial score (nSPS) is 29.4. The highest BCUT2D eigenvalue weighted by atomic mass is 35.5. The molecule has 0 radical (unpaired) electrons. The van der Waals surface area contributed by atoms with Crippen molar-refractivity contribution in [2.75, 3.05) is 13.1 Å². The summed E-state index contributed by atoms with van der Waals surface area (Å²) in [6, 6.07) is 5.15. The number of fused-ring (bicyclic) bond motifs is 2. The number of nitrogens with one attached hydrogen (secondary N) is 1. The van der Waals surface area contributed by atoms with Crippen molar-refractivity contribution < 1.29 is 8.60 Å². The fourth-order valence-corrected chi connectivity index (χ4v) is 4.56. The van der Waals surface area contributed by atoms with Crippen LogP contribution in [0.5, 0.6) is 0 Å². The third kappa shape index (κ3) is 1.99. The quantitative estimate of drug-likeness (QED) is 0.902. The summed E-state index contributed by atoms with van der Waals surface area (Å²) < 4.78 is 28.4. The topological polar surface area (TPSA) is 32.3 Å². The molecule has 0 spiro atoms. The second-order valence-corrected chi connectivity index (χ2v) is 6.47. The summed E-state index contributed by atoms with van der Waals surface area (Å²) in [5, 5.41) is 3.34. The monoisotopic (exact) mass is 288 g/mol. The van der Waals surface area contributed by atoms with E-state index in [1.54, 1.807) is 12.1 Å². The molecular weight excluding hydrogens is 275 g/mol. The second kappa shape index (κ2) is 4.89. The molecule has 3 rings (SSSR count). The minimum atomic E-state index is -1.46. The van der Waals surface area contributed by atoms with Crippen molar-refractivity contribution in [2.24, 2.45) is 0 Å². The lowest BCUT2D eigenvalue weighted by Crippen LogP contribution is -2.52. The Morgan fingerprint density at radius 3 is 2.67 bits per heavy atom. The highest BCUT2D eigenvalue weighted by Crippen LogP contribution is 2.32. The average molecular weight is 289 g/mol. The molecule has 2 unspecified atom stereocenters. The van der Waals surface area contributed by atoms with Gasteiger partial charge in [-0.1, -0.05) is 17.7 Å². The average Bonchev–Trinajstić information content (AvgIpc) is 2.62. The number of hydrogen-bond donors (Lipinski definition) is 1. The van der Waals surface area contributed by atoms with Crippen molar-refractivity contribution in [2.45, 2.75) is 29.8 Å². The van der Waals surface area contributed by atoms with Gasteiger partial charge in [0.15, 0.2) is 5.82 Å². The van der Waals surface area contributed by atoms with Gasteiger partial charge >= 0.3 is 0 Å². The molecule has 6 heteroatoms. The van der Waals surface area contributed by atoms with Crippen LogP contribution in [0, 0.1) is 5.82 Å². The van der Waals surface area contributed by atoms with Gasteiger partial charge < -0.3 is 5.32 Å². The molecule has 0 aliphatic carbocycles. The minimum absolute atomic E-state index is 0.0309. The van der Waals surface area contributed by atoms with Crippen LogP contribution < -0.4 is 5.32 Å². The van der Waals surface area contributed by atoms with Crippen LogP contribution in [0.3, 0.4) is 0 Å². The van der Waals surface area contributed by atoms with E-state index >= 15 is 0 Å². The Morgan fingerprint density at radius 1 is 1.33 bits per heavy atom. The van der Waals surface area contributed by atoms with Gasteiger partial charge in [-0.25, -0.2) is 12.9 Å². The molecule has 0 aromatic heterocycles. The Kier molecular flexibility index (Phi) is 3.40. The number of halogens is 2. The molecule has 0 saturated carbocycles. The Bertz CT molecular complexity index is 483. The lowest BCUT2D eigenvalue weighted by Gasteiger charge is -2.33. The molecule has 1 N–H and O–H groups in total. The fourth-order valence-electron chi connectivity index (χ4n) is 2.74. The third-order valence-electron chi connectivity index (χ3n) is 3.61. The van der Waals surface area contributed by atoms with Gasteiger partial charge in [0.2, 0.25) is 0 Å². The lowest BCUT2D eigenvalue weighted by molar-refractivity contribution is 0.275. The highest BCUT2D eigenvalue weighted by molar-refractivity contribution is 7.82. The molecule has 3 nitrogen and oxygen atoms in total. The van der Waals surface area contributed by atoms with Gasteiger partial charge in [0, 0.05) is 25.2 Å². The van der Waals surface area contributed by atoms with E-state index in [0.717, 1.165) is 25.9 Å². The van der Waals surface area contributed by atoms with Crippen LogP contribution in [0.25, 0.3) is 0 Å². The standard InChI is InChI=1S/C12H14ClFN2OS/c13-10-2-1-3-11(12(10)14)18(17)16-8-4-5-9(16)7-15-6-8/h1-3,8-9,15H,4-7H2/t8-,9?,18?/m1/s1. The molecule has 2 saturated heterocycles. The van der Waals surface area contributed by atoms with E-state index in [9.17, 15) is 8.60 Å². The van der Waals surface area contributed by atoms with E-state index in [0.29, 0.717) is 0 Å². The molecule has 3 atom stereocenters. The number of piperazine rings is 1. The Labute approximate surface area is 113 Å². The minimum Gasteiger partial charge on any atom is -0.314 e. The van der Waals surface area contributed by atoms with Crippen molar-refractivity contribution >= 4 is 22.6 Å². The second-order valence-electron chi connectivity index (χ2n) is 4.70. The molecule has 2 heterocycles. The summed E-state index contributed by atoms with van der Waals surface area (Å²) in [7, 11) is -1.46. The Morgan fingerprint density at radius 2 is 2.00 bits per heavy atom. The van der Waals surface area contributed by atoms with Crippen LogP contribution in [-0.2, 0) is 11.0 Å². The van der Waals surface area contributed by atoms with Gasteiger partial charge in [-0.3, -0.25) is 0 Å². The van der Waals surface area contributed by atoms with E-state index in [1.165, 1.54) is 6.07 Å². The van der Waals surface area contributed by atoms with Crippen LogP contribution in [0.1, 0.15) is 12.8 Å². The first-order valence-corrected chi connectivity index (χ1v) is 7.52. The summed E-state index contributed by atoms with van der Waals surface area (Å²) in [6.45, 7) is 1.65. The number of rotatable bonds is 2. The zero-order chi connectivity index (χ0) is 12.7. The van der Waals surface area contributed by atoms with Gasteiger partial charge in [0.25, 0.3) is 0 Å². The van der Waals surface area contributed by atoms with Crippen LogP contribution >= 0.6 is 11.6 Å². The van der Waals surface area contributed by atoms with Crippen LogP contribution in [0.4, 0.5) is 4.39 Å². The van der Waals surface area contributed by atoms with E-state index in [-0.39, 0.29) is 22.0 Å². The fraction of sp³-hybridized carbons (Fsp3) is 0.500. The molecule has 1 aromatic carbocycles. The Hall–Kier alpha value is -0.490. The summed E-state index contributed by atoms with van der Waals surface area (Å²) in [6.07, 6.45) is 2.04. The van der Waals surface area contributed by atoms with Crippen molar-refractivity contribution in [3.63, 3.8) is 0 Å². The van der Waals surface area contributed by atoms with Crippen molar-refractivity contribution in [1.82, 2.24) is 9.62 Å². The first kappa shape index (κ1) is 12.5. The van der Waals surface area contributed by atoms with Gasteiger partial charge in [-0.15, -0.1) is 0 Å². The SMILES string of the molecule is O=S(c1cccc(Cl)c1F)N1C2CC[C@@H]1CNC2. The van der Waals surface area contributed by atoms with E-state index in [1.807, 2.05) is 4.31 Å². The highest BCUT2D eigenvalue weighted by Gasteiger charge is 2.40. The van der Waals surface area contributed by atoms with Gasteiger partial charge in [-0.05, 0) is 25.0 Å². The summed E-state index contributed by atoms with van der Waals surface area (Å²) in [5.74, 6) is -0.560. The maximum atomic E-state index is 13.9. The molecule has 2 aliphatic rings. The summed E-state index contributed by atoms with van der Waals surface area (Å²) in [5.41, 5.74) is 0. The largest absolute Gasteiger partial charge is 0.314 e. The zero-order valence-electron chi connectivity index (χ0n) is 9.73. The van der Waals surface area contributed by atoms with E-state index < -0.39 is 16.8 Å². The van der Waals surface area contributed by atoms with Crippen LogP contribution in [-0.4, -0.2) is 33.7 Å². The maximum absolute atomic E-state index is 13.9. The molecular formula is C12H14ClFN2OS. The van der Waals surface area contributed by atoms with Gasteiger partial charge in [-0.2, -0.15) is 0 Å². The molecule has 2 aliphatic heterocycles. The van der Waals surface area contributed by atoms with E-state index in [4.69, 9.17) is 11.6 Å². The van der Waals surface area contributed by atoms with Crippen molar-refractivity contribution in [3.05, 3.63) is 29.0 Å². The first-order chi connectivity index (χ1) is 8.68. The number of nitrogens with zero attached hydrogens (tertiary/aromatic N) is 1. The van der Waals surface area contributed by atoms with E-state index in [2.05, 4.69) is 5.32 Å². The summed E-state index contributed by atoms with van der Waals surface area (Å²) >= 11 is 5.74. The lowest BCUT2D eigenvalue weighted by atomic mass is 10.2. The third-order valence-corrected chi connectivity index (χ3v) is 5.57. The number of hydrogen-bond acceptors (Lipinski definition) is 2. The van der Waals surface area contributed by atoms with Crippen molar-refractivity contribution in [1.29, 1.82) is 0 Å². The van der Waals surface area contributed by atoms with Gasteiger partial charge in [0.1, 0.15) is 11.0 Å². The zero-order valence-corrected chi connectivity index (χ0v) is 11.3. The van der Waals surface area contributed by atoms with Gasteiger partial charge in [0.05, 0.1) is 9.92 Å². The van der Waals surface area contributed by atoms with Crippen molar-refractivity contribution in [3.8, 4) is 0 Å². The number of benzene rings is 1. The molecule has 2 bridgehead atoms. The predicted molar refractivity (Wildman–Crippen MR) is 69.3 cm³/mol. The Balaban J connectivity index is 1.93. The smallest absolute Gasteiger partial charge is 0.159 e. The van der Waals surface area contributed by atoms with Crippen LogP contribution in [0.2, 0.25) is 5.02 Å². The molecule has 98 valence electrons. The first-order valence-electron chi connectivity index (χ1n) is 6.03.